The molecule has 0 spiro atoms. The molecule has 0 saturated heterocycles. The summed E-state index contributed by atoms with van der Waals surface area (Å²) in [6.07, 6.45) is 4.27. The van der Waals surface area contributed by atoms with Gasteiger partial charge in [0.1, 0.15) is 5.78 Å². The van der Waals surface area contributed by atoms with Crippen LogP contribution in [0.4, 0.5) is 0 Å². The molecular formula is C10H17NO3. The molecular weight excluding hydrogens is 182 g/mol. The van der Waals surface area contributed by atoms with E-state index in [0.29, 0.717) is 19.3 Å². The number of Topliss-reactive ketones (excluding diaryl/α,β-unsaturated/α-hetero) is 1. The van der Waals surface area contributed by atoms with Crippen LogP contribution in [-0.4, -0.2) is 16.7 Å². The third-order valence-corrected chi connectivity index (χ3v) is 3.00. The molecule has 2 atom stereocenters. The predicted molar refractivity (Wildman–Crippen MR) is 52.7 cm³/mol. The Balaban J connectivity index is 2.63. The van der Waals surface area contributed by atoms with E-state index in [4.69, 9.17) is 0 Å². The van der Waals surface area contributed by atoms with Crippen LogP contribution in [0.3, 0.4) is 0 Å². The molecule has 1 rings (SSSR count). The summed E-state index contributed by atoms with van der Waals surface area (Å²) in [6, 6.07) is -0.517. The van der Waals surface area contributed by atoms with E-state index in [-0.39, 0.29) is 16.6 Å². The lowest BCUT2D eigenvalue weighted by Gasteiger charge is -2.16. The van der Waals surface area contributed by atoms with Gasteiger partial charge < -0.3 is 0 Å². The Morgan fingerprint density at radius 2 is 2.29 bits per heavy atom. The Morgan fingerprint density at radius 1 is 1.57 bits per heavy atom. The Bertz CT molecular complexity index is 225. The number of hydrogen-bond donors (Lipinski definition) is 0. The molecule has 0 amide bonds. The Kier molecular flexibility index (Phi) is 4.04. The third kappa shape index (κ3) is 2.79. The topological polar surface area (TPSA) is 60.2 Å². The van der Waals surface area contributed by atoms with E-state index in [0.717, 1.165) is 19.3 Å². The van der Waals surface area contributed by atoms with E-state index in [1.54, 1.807) is 0 Å². The molecule has 0 radical (unpaired) electrons. The Morgan fingerprint density at radius 3 is 2.86 bits per heavy atom. The molecule has 1 aliphatic rings. The van der Waals surface area contributed by atoms with Gasteiger partial charge in [0.2, 0.25) is 6.04 Å². The minimum atomic E-state index is -0.517. The second kappa shape index (κ2) is 5.08. The summed E-state index contributed by atoms with van der Waals surface area (Å²) >= 11 is 0. The summed E-state index contributed by atoms with van der Waals surface area (Å²) in [5.41, 5.74) is 0. The molecule has 0 aliphatic heterocycles. The van der Waals surface area contributed by atoms with Crippen molar-refractivity contribution in [3.8, 4) is 0 Å². The highest BCUT2D eigenvalue weighted by Crippen LogP contribution is 2.26. The van der Waals surface area contributed by atoms with E-state index in [1.165, 1.54) is 0 Å². The lowest BCUT2D eigenvalue weighted by molar-refractivity contribution is -0.532. The van der Waals surface area contributed by atoms with Crippen molar-refractivity contribution in [3.63, 3.8) is 0 Å². The van der Waals surface area contributed by atoms with Crippen LogP contribution in [0.15, 0.2) is 0 Å². The summed E-state index contributed by atoms with van der Waals surface area (Å²) in [5, 5.41) is 10.7. The Hall–Kier alpha value is -0.930. The molecule has 1 fully saturated rings. The van der Waals surface area contributed by atoms with Crippen molar-refractivity contribution in [2.45, 2.75) is 51.5 Å². The van der Waals surface area contributed by atoms with Gasteiger partial charge in [-0.15, -0.1) is 0 Å². The van der Waals surface area contributed by atoms with Gasteiger partial charge in [0.15, 0.2) is 0 Å². The summed E-state index contributed by atoms with van der Waals surface area (Å²) in [5.74, 6) is 0.179. The van der Waals surface area contributed by atoms with Gasteiger partial charge in [-0.05, 0) is 12.8 Å². The van der Waals surface area contributed by atoms with E-state index >= 15 is 0 Å². The number of nitro groups is 1. The smallest absolute Gasteiger partial charge is 0.216 e. The molecule has 1 saturated carbocycles. The molecule has 4 nitrogen and oxygen atoms in total. The van der Waals surface area contributed by atoms with Gasteiger partial charge in [0.25, 0.3) is 0 Å². The maximum Gasteiger partial charge on any atom is 0.216 e. The van der Waals surface area contributed by atoms with E-state index in [2.05, 4.69) is 0 Å². The first kappa shape index (κ1) is 11.1. The summed E-state index contributed by atoms with van der Waals surface area (Å²) in [6.45, 7) is 1.82. The average molecular weight is 199 g/mol. The van der Waals surface area contributed by atoms with E-state index in [9.17, 15) is 14.9 Å². The second-order valence-corrected chi connectivity index (χ2v) is 4.01. The molecule has 0 unspecified atom stereocenters. The van der Waals surface area contributed by atoms with E-state index < -0.39 is 6.04 Å². The van der Waals surface area contributed by atoms with Crippen molar-refractivity contribution in [3.05, 3.63) is 10.1 Å². The van der Waals surface area contributed by atoms with Crippen molar-refractivity contribution in [2.75, 3.05) is 0 Å². The van der Waals surface area contributed by atoms with Crippen molar-refractivity contribution < 1.29 is 9.72 Å². The standard InChI is InChI=1S/C10H17NO3/c1-2-10(11(13)14)8-5-3-4-6-9(12)7-8/h8,10H,2-7H2,1H3/t8-,10+/m0/s1. The van der Waals surface area contributed by atoms with Crippen molar-refractivity contribution in [1.29, 1.82) is 0 Å². The maximum absolute atomic E-state index is 11.3. The highest BCUT2D eigenvalue weighted by Gasteiger charge is 2.32. The van der Waals surface area contributed by atoms with Crippen LogP contribution in [0.2, 0.25) is 0 Å². The largest absolute Gasteiger partial charge is 0.300 e. The highest BCUT2D eigenvalue weighted by atomic mass is 16.6. The van der Waals surface area contributed by atoms with Crippen LogP contribution in [-0.2, 0) is 4.79 Å². The summed E-state index contributed by atoms with van der Waals surface area (Å²) < 4.78 is 0. The zero-order chi connectivity index (χ0) is 10.6. The molecule has 14 heavy (non-hydrogen) atoms. The fraction of sp³-hybridized carbons (Fsp3) is 0.900. The van der Waals surface area contributed by atoms with Crippen LogP contribution in [0.5, 0.6) is 0 Å². The Labute approximate surface area is 83.8 Å². The number of nitrogens with zero attached hydrogens (tertiary/aromatic N) is 1. The fourth-order valence-corrected chi connectivity index (χ4v) is 2.21. The number of carbonyl (C=O) groups is 1. The quantitative estimate of drug-likeness (QED) is 0.397. The van der Waals surface area contributed by atoms with Crippen LogP contribution >= 0.6 is 0 Å². The van der Waals surface area contributed by atoms with Gasteiger partial charge in [0.05, 0.1) is 0 Å². The van der Waals surface area contributed by atoms with Gasteiger partial charge in [0, 0.05) is 30.1 Å². The molecule has 0 heterocycles. The van der Waals surface area contributed by atoms with Gasteiger partial charge in [-0.3, -0.25) is 14.9 Å². The van der Waals surface area contributed by atoms with Crippen LogP contribution in [0.1, 0.15) is 45.4 Å². The van der Waals surface area contributed by atoms with Crippen LogP contribution < -0.4 is 0 Å². The van der Waals surface area contributed by atoms with Gasteiger partial charge in [-0.2, -0.15) is 0 Å². The lowest BCUT2D eigenvalue weighted by atomic mass is 9.90. The molecule has 1 aliphatic carbocycles. The molecule has 0 aromatic rings. The molecule has 0 N–H and O–H groups in total. The van der Waals surface area contributed by atoms with E-state index in [1.807, 2.05) is 6.92 Å². The molecule has 0 bridgehead atoms. The number of ketones is 1. The summed E-state index contributed by atoms with van der Waals surface area (Å²) in [4.78, 5) is 21.8. The maximum atomic E-state index is 11.3. The average Bonchev–Trinajstić information content (AvgIpc) is 2.31. The molecule has 0 aromatic carbocycles. The fourth-order valence-electron chi connectivity index (χ4n) is 2.21. The normalized spacial score (nSPS) is 25.5. The lowest BCUT2D eigenvalue weighted by Crippen LogP contribution is -2.29. The third-order valence-electron chi connectivity index (χ3n) is 3.00. The minimum Gasteiger partial charge on any atom is -0.300 e. The molecule has 0 aromatic heterocycles. The number of carbonyl (C=O) groups excluding carboxylic acids is 1. The molecule has 4 heteroatoms. The first-order chi connectivity index (χ1) is 6.65. The van der Waals surface area contributed by atoms with Crippen LogP contribution in [0.25, 0.3) is 0 Å². The monoisotopic (exact) mass is 199 g/mol. The highest BCUT2D eigenvalue weighted by molar-refractivity contribution is 5.78. The predicted octanol–water partition coefficient (Wildman–Crippen LogP) is 2.19. The van der Waals surface area contributed by atoms with Crippen molar-refractivity contribution in [1.82, 2.24) is 0 Å². The van der Waals surface area contributed by atoms with Crippen LogP contribution in [0, 0.1) is 16.0 Å². The SMILES string of the molecule is CC[C@H]([C@H]1CCCCC(=O)C1)[N+](=O)[O-]. The second-order valence-electron chi connectivity index (χ2n) is 4.01. The summed E-state index contributed by atoms with van der Waals surface area (Å²) in [7, 11) is 0. The zero-order valence-electron chi connectivity index (χ0n) is 8.57. The molecule has 80 valence electrons. The van der Waals surface area contributed by atoms with Crippen molar-refractivity contribution >= 4 is 5.78 Å². The minimum absolute atomic E-state index is 0.0231. The zero-order valence-corrected chi connectivity index (χ0v) is 8.57. The number of rotatable bonds is 3. The first-order valence-corrected chi connectivity index (χ1v) is 5.30. The van der Waals surface area contributed by atoms with Gasteiger partial charge in [-0.1, -0.05) is 13.3 Å². The van der Waals surface area contributed by atoms with Gasteiger partial charge in [-0.25, -0.2) is 0 Å². The van der Waals surface area contributed by atoms with Gasteiger partial charge >= 0.3 is 0 Å². The first-order valence-electron chi connectivity index (χ1n) is 5.30. The van der Waals surface area contributed by atoms with Crippen molar-refractivity contribution in [2.24, 2.45) is 5.92 Å². The number of hydrogen-bond acceptors (Lipinski definition) is 3.